The summed E-state index contributed by atoms with van der Waals surface area (Å²) in [5, 5.41) is 7.24. The van der Waals surface area contributed by atoms with Crippen molar-refractivity contribution in [2.75, 3.05) is 25.5 Å². The van der Waals surface area contributed by atoms with Crippen molar-refractivity contribution in [2.45, 2.75) is 19.9 Å². The average Bonchev–Trinajstić information content (AvgIpc) is 2.77. The molecule has 1 N–H and O–H groups in total. The number of urea groups is 1. The number of anilines is 1. The molecule has 0 unspecified atom stereocenters. The number of methoxy groups -OCH3 is 1. The van der Waals surface area contributed by atoms with Crippen LogP contribution < -0.4 is 10.1 Å². The number of amides is 2. The Balaban J connectivity index is 1.55. The predicted octanol–water partition coefficient (Wildman–Crippen LogP) is 1.99. The van der Waals surface area contributed by atoms with E-state index in [0.717, 1.165) is 23.1 Å². The molecule has 116 valence electrons. The van der Waals surface area contributed by atoms with Gasteiger partial charge >= 0.3 is 6.03 Å². The normalized spacial score (nSPS) is 14.6. The second-order valence-corrected chi connectivity index (χ2v) is 5.37. The second-order valence-electron chi connectivity index (χ2n) is 5.37. The van der Waals surface area contributed by atoms with E-state index in [1.807, 2.05) is 42.8 Å². The van der Waals surface area contributed by atoms with E-state index >= 15 is 0 Å². The summed E-state index contributed by atoms with van der Waals surface area (Å²) in [7, 11) is 1.61. The van der Waals surface area contributed by atoms with E-state index < -0.39 is 0 Å². The maximum atomic E-state index is 12.2. The second kappa shape index (κ2) is 5.67. The molecule has 0 radical (unpaired) electrons. The maximum absolute atomic E-state index is 12.2. The fourth-order valence-electron chi connectivity index (χ4n) is 2.53. The Morgan fingerprint density at radius 2 is 1.95 bits per heavy atom. The molecule has 7 heteroatoms. The molecule has 2 heterocycles. The van der Waals surface area contributed by atoms with Gasteiger partial charge < -0.3 is 15.0 Å². The summed E-state index contributed by atoms with van der Waals surface area (Å²) in [6, 6.07) is 7.38. The van der Waals surface area contributed by atoms with Crippen LogP contribution in [-0.4, -0.2) is 45.9 Å². The molecule has 22 heavy (non-hydrogen) atoms. The number of aromatic nitrogens is 3. The minimum atomic E-state index is -0.101. The van der Waals surface area contributed by atoms with Crippen molar-refractivity contribution in [2.24, 2.45) is 0 Å². The summed E-state index contributed by atoms with van der Waals surface area (Å²) in [5.41, 5.74) is 0.752. The molecule has 1 aromatic carbocycles. The van der Waals surface area contributed by atoms with Gasteiger partial charge in [-0.05, 0) is 38.1 Å². The highest BCUT2D eigenvalue weighted by Gasteiger charge is 2.33. The lowest BCUT2D eigenvalue weighted by atomic mass is 10.1. The molecule has 0 bridgehead atoms. The van der Waals surface area contributed by atoms with Gasteiger partial charge in [0.05, 0.1) is 13.2 Å². The monoisotopic (exact) mass is 301 g/mol. The highest BCUT2D eigenvalue weighted by molar-refractivity contribution is 5.89. The molecular formula is C15H19N5O2. The highest BCUT2D eigenvalue weighted by atomic mass is 16.5. The summed E-state index contributed by atoms with van der Waals surface area (Å²) in [5.74, 6) is 2.41. The Morgan fingerprint density at radius 1 is 1.27 bits per heavy atom. The van der Waals surface area contributed by atoms with Crippen LogP contribution in [0.15, 0.2) is 24.3 Å². The van der Waals surface area contributed by atoms with Gasteiger partial charge in [0.2, 0.25) is 0 Å². The van der Waals surface area contributed by atoms with Gasteiger partial charge in [-0.2, -0.15) is 5.10 Å². The molecule has 1 aliphatic heterocycles. The van der Waals surface area contributed by atoms with E-state index in [4.69, 9.17) is 4.74 Å². The zero-order valence-electron chi connectivity index (χ0n) is 12.9. The Hall–Kier alpha value is -2.57. The van der Waals surface area contributed by atoms with Crippen LogP contribution >= 0.6 is 0 Å². The number of carbonyl (C=O) groups excluding carboxylic acids is 1. The fraction of sp³-hybridized carbons (Fsp3) is 0.400. The first-order chi connectivity index (χ1) is 10.6. The summed E-state index contributed by atoms with van der Waals surface area (Å²) in [6.07, 6.45) is 0. The SMILES string of the molecule is COc1ccc(NC(=O)N2CC(n3nc(C)nc3C)C2)cc1. The minimum Gasteiger partial charge on any atom is -0.497 e. The first kappa shape index (κ1) is 14.4. The van der Waals surface area contributed by atoms with Crippen molar-refractivity contribution in [3.63, 3.8) is 0 Å². The van der Waals surface area contributed by atoms with Crippen LogP contribution in [-0.2, 0) is 0 Å². The van der Waals surface area contributed by atoms with E-state index in [1.54, 1.807) is 12.0 Å². The fourth-order valence-corrected chi connectivity index (χ4v) is 2.53. The summed E-state index contributed by atoms with van der Waals surface area (Å²) < 4.78 is 6.99. The molecule has 2 aromatic rings. The molecule has 3 rings (SSSR count). The van der Waals surface area contributed by atoms with E-state index in [0.29, 0.717) is 13.1 Å². The molecule has 0 aliphatic carbocycles. The van der Waals surface area contributed by atoms with Gasteiger partial charge in [0, 0.05) is 18.8 Å². The summed E-state index contributed by atoms with van der Waals surface area (Å²) >= 11 is 0. The number of likely N-dealkylation sites (tertiary alicyclic amines) is 1. The largest absolute Gasteiger partial charge is 0.497 e. The summed E-state index contributed by atoms with van der Waals surface area (Å²) in [4.78, 5) is 18.2. The molecule has 1 aromatic heterocycles. The van der Waals surface area contributed by atoms with Gasteiger partial charge in [-0.1, -0.05) is 0 Å². The van der Waals surface area contributed by atoms with E-state index in [9.17, 15) is 4.79 Å². The van der Waals surface area contributed by atoms with Crippen molar-refractivity contribution in [3.8, 4) is 5.75 Å². The van der Waals surface area contributed by atoms with Gasteiger partial charge in [-0.15, -0.1) is 0 Å². The van der Waals surface area contributed by atoms with Crippen LogP contribution in [0.1, 0.15) is 17.7 Å². The molecule has 0 spiro atoms. The Kier molecular flexibility index (Phi) is 3.70. The molecule has 2 amide bonds. The first-order valence-corrected chi connectivity index (χ1v) is 7.16. The van der Waals surface area contributed by atoms with Crippen LogP contribution in [0.2, 0.25) is 0 Å². The Labute approximate surface area is 128 Å². The number of hydrogen-bond acceptors (Lipinski definition) is 4. The van der Waals surface area contributed by atoms with Crippen molar-refractivity contribution < 1.29 is 9.53 Å². The number of aryl methyl sites for hydroxylation is 2. The number of hydrogen-bond donors (Lipinski definition) is 1. The van der Waals surface area contributed by atoms with Crippen LogP contribution in [0.25, 0.3) is 0 Å². The lowest BCUT2D eigenvalue weighted by Crippen LogP contribution is -2.52. The third-order valence-corrected chi connectivity index (χ3v) is 3.74. The minimum absolute atomic E-state index is 0.101. The third-order valence-electron chi connectivity index (χ3n) is 3.74. The zero-order valence-corrected chi connectivity index (χ0v) is 12.9. The van der Waals surface area contributed by atoms with E-state index in [-0.39, 0.29) is 12.1 Å². The molecule has 1 aliphatic rings. The number of rotatable bonds is 3. The van der Waals surface area contributed by atoms with Crippen molar-refractivity contribution >= 4 is 11.7 Å². The predicted molar refractivity (Wildman–Crippen MR) is 82.1 cm³/mol. The van der Waals surface area contributed by atoms with Crippen LogP contribution in [0.4, 0.5) is 10.5 Å². The van der Waals surface area contributed by atoms with E-state index in [1.165, 1.54) is 0 Å². The number of benzene rings is 1. The molecule has 1 saturated heterocycles. The van der Waals surface area contributed by atoms with Gasteiger partial charge in [0.15, 0.2) is 0 Å². The zero-order chi connectivity index (χ0) is 15.7. The Bertz CT molecular complexity index is 674. The first-order valence-electron chi connectivity index (χ1n) is 7.16. The smallest absolute Gasteiger partial charge is 0.321 e. The number of carbonyl (C=O) groups is 1. The quantitative estimate of drug-likeness (QED) is 0.941. The van der Waals surface area contributed by atoms with Crippen molar-refractivity contribution in [1.29, 1.82) is 0 Å². The molecule has 0 saturated carbocycles. The van der Waals surface area contributed by atoms with Crippen molar-refractivity contribution in [3.05, 3.63) is 35.9 Å². The number of nitrogens with zero attached hydrogens (tertiary/aromatic N) is 4. The van der Waals surface area contributed by atoms with Crippen LogP contribution in [0.3, 0.4) is 0 Å². The number of nitrogens with one attached hydrogen (secondary N) is 1. The van der Waals surface area contributed by atoms with Crippen LogP contribution in [0, 0.1) is 13.8 Å². The highest BCUT2D eigenvalue weighted by Crippen LogP contribution is 2.23. The maximum Gasteiger partial charge on any atom is 0.321 e. The van der Waals surface area contributed by atoms with Gasteiger partial charge in [0.1, 0.15) is 17.4 Å². The van der Waals surface area contributed by atoms with Crippen LogP contribution in [0.5, 0.6) is 5.75 Å². The lowest BCUT2D eigenvalue weighted by Gasteiger charge is -2.39. The summed E-state index contributed by atoms with van der Waals surface area (Å²) in [6.45, 7) is 5.09. The van der Waals surface area contributed by atoms with Gasteiger partial charge in [0.25, 0.3) is 0 Å². The lowest BCUT2D eigenvalue weighted by molar-refractivity contribution is 0.126. The van der Waals surface area contributed by atoms with Gasteiger partial charge in [-0.25, -0.2) is 14.5 Å². The number of ether oxygens (including phenoxy) is 1. The van der Waals surface area contributed by atoms with Crippen molar-refractivity contribution in [1.82, 2.24) is 19.7 Å². The molecule has 7 nitrogen and oxygen atoms in total. The molecule has 1 fully saturated rings. The standard InChI is InChI=1S/C15H19N5O2/c1-10-16-11(2)20(18-10)13-8-19(9-13)15(21)17-12-4-6-14(22-3)7-5-12/h4-7,13H,8-9H2,1-3H3,(H,17,21). The molecular weight excluding hydrogens is 282 g/mol. The molecule has 0 atom stereocenters. The average molecular weight is 301 g/mol. The topological polar surface area (TPSA) is 72.3 Å². The van der Waals surface area contributed by atoms with E-state index in [2.05, 4.69) is 15.4 Å². The van der Waals surface area contributed by atoms with Gasteiger partial charge in [-0.3, -0.25) is 0 Å². The Morgan fingerprint density at radius 3 is 2.50 bits per heavy atom. The third kappa shape index (κ3) is 2.74.